The van der Waals surface area contributed by atoms with Crippen LogP contribution in [0.4, 0.5) is 5.95 Å². The lowest BCUT2D eigenvalue weighted by atomic mass is 9.99. The van der Waals surface area contributed by atoms with Crippen LogP contribution in [0.25, 0.3) is 11.1 Å². The van der Waals surface area contributed by atoms with Gasteiger partial charge in [0.15, 0.2) is 0 Å². The second kappa shape index (κ2) is 8.51. The van der Waals surface area contributed by atoms with Crippen molar-refractivity contribution in [3.8, 4) is 11.1 Å². The molecule has 0 aliphatic carbocycles. The van der Waals surface area contributed by atoms with Gasteiger partial charge in [0, 0.05) is 56.7 Å². The molecule has 2 aromatic heterocycles. The Morgan fingerprint density at radius 2 is 1.90 bits per heavy atom. The van der Waals surface area contributed by atoms with Crippen molar-refractivity contribution in [1.82, 2.24) is 19.4 Å². The number of hydrogen-bond acceptors (Lipinski definition) is 5. The van der Waals surface area contributed by atoms with E-state index in [1.807, 2.05) is 54.4 Å². The van der Waals surface area contributed by atoms with Crippen molar-refractivity contribution in [3.05, 3.63) is 75.4 Å². The highest BCUT2D eigenvalue weighted by molar-refractivity contribution is 6.30. The molecule has 1 aliphatic rings. The minimum Gasteiger partial charge on any atom is -0.347 e. The van der Waals surface area contributed by atoms with Crippen molar-refractivity contribution in [2.24, 2.45) is 7.05 Å². The Bertz CT molecular complexity index is 1170. The third kappa shape index (κ3) is 4.18. The third-order valence-electron chi connectivity index (χ3n) is 5.52. The van der Waals surface area contributed by atoms with Gasteiger partial charge in [-0.05, 0) is 36.6 Å². The summed E-state index contributed by atoms with van der Waals surface area (Å²) in [5.74, 6) is 0.485. The van der Waals surface area contributed by atoms with E-state index in [0.717, 1.165) is 29.7 Å². The molecule has 1 saturated heterocycles. The van der Waals surface area contributed by atoms with Gasteiger partial charge in [0.25, 0.3) is 5.91 Å². The van der Waals surface area contributed by atoms with E-state index in [1.165, 1.54) is 10.6 Å². The number of halogens is 1. The van der Waals surface area contributed by atoms with Crippen LogP contribution in [-0.4, -0.2) is 46.0 Å². The van der Waals surface area contributed by atoms with E-state index in [4.69, 9.17) is 16.6 Å². The summed E-state index contributed by atoms with van der Waals surface area (Å²) < 4.78 is 1.42. The summed E-state index contributed by atoms with van der Waals surface area (Å²) in [4.78, 5) is 38.1. The average Bonchev–Trinajstić information content (AvgIpc) is 3.25. The fourth-order valence-corrected chi connectivity index (χ4v) is 4.01. The Hall–Kier alpha value is -3.19. The van der Waals surface area contributed by atoms with Crippen LogP contribution in [0.3, 0.4) is 0 Å². The van der Waals surface area contributed by atoms with Crippen LogP contribution in [0.5, 0.6) is 0 Å². The fourth-order valence-electron chi connectivity index (χ4n) is 3.89. The Morgan fingerprint density at radius 3 is 2.58 bits per heavy atom. The van der Waals surface area contributed by atoms with E-state index in [9.17, 15) is 9.59 Å². The van der Waals surface area contributed by atoms with Crippen molar-refractivity contribution in [2.75, 3.05) is 25.5 Å². The van der Waals surface area contributed by atoms with Gasteiger partial charge in [-0.2, -0.15) is 0 Å². The van der Waals surface area contributed by atoms with Crippen LogP contribution in [0.1, 0.15) is 34.9 Å². The van der Waals surface area contributed by atoms with Gasteiger partial charge in [0.1, 0.15) is 0 Å². The number of anilines is 1. The molecule has 1 aliphatic heterocycles. The highest BCUT2D eigenvalue weighted by Crippen LogP contribution is 2.38. The maximum Gasteiger partial charge on any atom is 0.255 e. The summed E-state index contributed by atoms with van der Waals surface area (Å²) in [6.45, 7) is 0.633. The van der Waals surface area contributed by atoms with Gasteiger partial charge in [-0.3, -0.25) is 9.59 Å². The number of benzene rings is 1. The van der Waals surface area contributed by atoms with Crippen molar-refractivity contribution >= 4 is 23.5 Å². The molecule has 1 atom stereocenters. The number of carbonyl (C=O) groups is 1. The molecule has 0 unspecified atom stereocenters. The van der Waals surface area contributed by atoms with Gasteiger partial charge in [0.2, 0.25) is 11.5 Å². The predicted molar refractivity (Wildman–Crippen MR) is 121 cm³/mol. The molecule has 3 aromatic rings. The van der Waals surface area contributed by atoms with Gasteiger partial charge >= 0.3 is 0 Å². The van der Waals surface area contributed by atoms with Crippen molar-refractivity contribution in [2.45, 2.75) is 18.9 Å². The van der Waals surface area contributed by atoms with Gasteiger partial charge in [-0.1, -0.05) is 23.7 Å². The maximum atomic E-state index is 13.3. The minimum absolute atomic E-state index is 0.106. The fraction of sp³-hybridized carbons (Fsp3) is 0.304. The van der Waals surface area contributed by atoms with Gasteiger partial charge in [-0.15, -0.1) is 0 Å². The highest BCUT2D eigenvalue weighted by Gasteiger charge is 2.34. The summed E-state index contributed by atoms with van der Waals surface area (Å²) >= 11 is 6.07. The average molecular weight is 438 g/mol. The van der Waals surface area contributed by atoms with E-state index < -0.39 is 0 Å². The molecular formula is C23H24ClN5O2. The molecule has 1 amide bonds. The molecule has 31 heavy (non-hydrogen) atoms. The van der Waals surface area contributed by atoms with Crippen LogP contribution < -0.4 is 10.5 Å². The molecule has 4 rings (SSSR count). The van der Waals surface area contributed by atoms with E-state index in [-0.39, 0.29) is 17.5 Å². The Kier molecular flexibility index (Phi) is 5.78. The maximum absolute atomic E-state index is 13.3. The summed E-state index contributed by atoms with van der Waals surface area (Å²) in [5, 5.41) is 0.656. The molecule has 1 fully saturated rings. The first-order valence-electron chi connectivity index (χ1n) is 10.1. The molecule has 0 spiro atoms. The monoisotopic (exact) mass is 437 g/mol. The first-order chi connectivity index (χ1) is 14.8. The number of aromatic nitrogens is 3. The lowest BCUT2D eigenvalue weighted by molar-refractivity contribution is 0.0732. The first kappa shape index (κ1) is 21.1. The zero-order chi connectivity index (χ0) is 22.1. The predicted octanol–water partition coefficient (Wildman–Crippen LogP) is 3.54. The quantitative estimate of drug-likeness (QED) is 0.624. The van der Waals surface area contributed by atoms with Crippen molar-refractivity contribution in [3.63, 3.8) is 0 Å². The van der Waals surface area contributed by atoms with E-state index in [1.54, 1.807) is 19.3 Å². The molecule has 160 valence electrons. The van der Waals surface area contributed by atoms with E-state index in [2.05, 4.69) is 4.98 Å². The number of pyridine rings is 1. The van der Waals surface area contributed by atoms with Gasteiger partial charge in [0.05, 0.1) is 17.3 Å². The zero-order valence-electron chi connectivity index (χ0n) is 17.7. The largest absolute Gasteiger partial charge is 0.347 e. The lowest BCUT2D eigenvalue weighted by Gasteiger charge is -2.27. The molecule has 0 radical (unpaired) electrons. The number of hydrogen-bond donors (Lipinski definition) is 0. The van der Waals surface area contributed by atoms with Crippen LogP contribution >= 0.6 is 11.6 Å². The minimum atomic E-state index is -0.183. The Balaban J connectivity index is 1.78. The molecule has 8 heteroatoms. The molecule has 0 saturated carbocycles. The smallest absolute Gasteiger partial charge is 0.255 e. The van der Waals surface area contributed by atoms with Crippen LogP contribution in [0.15, 0.2) is 53.6 Å². The van der Waals surface area contributed by atoms with E-state index in [0.29, 0.717) is 23.1 Å². The number of aryl methyl sites for hydroxylation is 1. The van der Waals surface area contributed by atoms with Gasteiger partial charge < -0.3 is 14.4 Å². The second-order valence-electron chi connectivity index (χ2n) is 7.89. The zero-order valence-corrected chi connectivity index (χ0v) is 18.5. The lowest BCUT2D eigenvalue weighted by Crippen LogP contribution is -2.32. The van der Waals surface area contributed by atoms with Crippen LogP contribution in [-0.2, 0) is 7.05 Å². The standard InChI is InChI=1S/C23H24ClN5O2/c1-27(2)23-25-13-18(15-6-9-17(24)10-7-15)21(26-23)19-5-4-12-29(19)22(31)16-8-11-20(30)28(3)14-16/h6-11,13-14,19H,4-5,12H2,1-3H3/t19-/m1/s1. The van der Waals surface area contributed by atoms with Crippen LogP contribution in [0.2, 0.25) is 5.02 Å². The topological polar surface area (TPSA) is 71.3 Å². The molecule has 0 N–H and O–H groups in total. The van der Waals surface area contributed by atoms with Crippen molar-refractivity contribution in [1.29, 1.82) is 0 Å². The summed E-state index contributed by atoms with van der Waals surface area (Å²) in [5.41, 5.74) is 2.99. The van der Waals surface area contributed by atoms with Gasteiger partial charge in [-0.25, -0.2) is 9.97 Å². The molecule has 0 bridgehead atoms. The molecule has 7 nitrogen and oxygen atoms in total. The molecule has 1 aromatic carbocycles. The number of rotatable bonds is 4. The number of carbonyl (C=O) groups excluding carboxylic acids is 1. The number of amides is 1. The SMILES string of the molecule is CN(C)c1ncc(-c2ccc(Cl)cc2)c([C@H]2CCCN2C(=O)c2ccc(=O)n(C)c2)n1. The molecular weight excluding hydrogens is 414 g/mol. The molecule has 3 heterocycles. The van der Waals surface area contributed by atoms with E-state index >= 15 is 0 Å². The summed E-state index contributed by atoms with van der Waals surface area (Å²) in [6, 6.07) is 10.4. The Labute approximate surface area is 185 Å². The first-order valence-corrected chi connectivity index (χ1v) is 10.5. The highest BCUT2D eigenvalue weighted by atomic mass is 35.5. The Morgan fingerprint density at radius 1 is 1.16 bits per heavy atom. The summed E-state index contributed by atoms with van der Waals surface area (Å²) in [7, 11) is 5.43. The van der Waals surface area contributed by atoms with Crippen LogP contribution in [0, 0.1) is 0 Å². The number of likely N-dealkylation sites (tertiary alicyclic amines) is 1. The summed E-state index contributed by atoms with van der Waals surface area (Å²) in [6.07, 6.45) is 5.09. The normalized spacial score (nSPS) is 15.9. The third-order valence-corrected chi connectivity index (χ3v) is 5.77. The second-order valence-corrected chi connectivity index (χ2v) is 8.33. The van der Waals surface area contributed by atoms with Crippen molar-refractivity contribution < 1.29 is 4.79 Å². The number of nitrogens with zero attached hydrogens (tertiary/aromatic N) is 5.